The van der Waals surface area contributed by atoms with E-state index in [1.54, 1.807) is 12.1 Å². The molecular weight excluding hydrogens is 182 g/mol. The Morgan fingerprint density at radius 2 is 2.45 bits per heavy atom. The molecule has 11 heavy (non-hydrogen) atoms. The van der Waals surface area contributed by atoms with Crippen molar-refractivity contribution in [2.45, 2.75) is 0 Å². The van der Waals surface area contributed by atoms with E-state index in [0.29, 0.717) is 9.21 Å². The summed E-state index contributed by atoms with van der Waals surface area (Å²) >= 11 is 6.80. The summed E-state index contributed by atoms with van der Waals surface area (Å²) in [5.41, 5.74) is 0. The van der Waals surface area contributed by atoms with Gasteiger partial charge in [0.05, 0.1) is 9.21 Å². The number of ketones is 1. The summed E-state index contributed by atoms with van der Waals surface area (Å²) < 4.78 is 0.582. The number of hydrogen-bond donors (Lipinski definition) is 0. The van der Waals surface area contributed by atoms with E-state index in [1.165, 1.54) is 11.3 Å². The van der Waals surface area contributed by atoms with Crippen LogP contribution in [0.4, 0.5) is 0 Å². The molecule has 0 aliphatic heterocycles. The third-order valence-electron chi connectivity index (χ3n) is 1.07. The largest absolute Gasteiger partial charge is 0.308 e. The predicted molar refractivity (Wildman–Crippen MR) is 45.1 cm³/mol. The second kappa shape index (κ2) is 3.51. The molecule has 0 fully saturated rings. The van der Waals surface area contributed by atoms with Crippen molar-refractivity contribution in [3.8, 4) is 0 Å². The van der Waals surface area contributed by atoms with Gasteiger partial charge < -0.3 is 4.85 Å². The molecular formula is C7H4ClNOS. The fourth-order valence-electron chi connectivity index (χ4n) is 0.614. The fraction of sp³-hybridized carbons (Fsp3) is 0.143. The number of nitrogens with zero attached hydrogens (tertiary/aromatic N) is 1. The molecule has 0 amide bonds. The summed E-state index contributed by atoms with van der Waals surface area (Å²) in [5, 5.41) is 0. The van der Waals surface area contributed by atoms with Gasteiger partial charge in [-0.2, -0.15) is 0 Å². The van der Waals surface area contributed by atoms with Crippen molar-refractivity contribution in [1.82, 2.24) is 0 Å². The molecule has 1 aromatic rings. The smallest absolute Gasteiger partial charge is 0.277 e. The summed E-state index contributed by atoms with van der Waals surface area (Å²) in [6.07, 6.45) is 0. The van der Waals surface area contributed by atoms with Crippen LogP contribution in [0.25, 0.3) is 4.85 Å². The minimum Gasteiger partial charge on any atom is -0.308 e. The van der Waals surface area contributed by atoms with Gasteiger partial charge in [0.1, 0.15) is 0 Å². The minimum absolute atomic E-state index is 0.0865. The summed E-state index contributed by atoms with van der Waals surface area (Å²) in [6.45, 7) is 6.38. The lowest BCUT2D eigenvalue weighted by atomic mass is 10.3. The van der Waals surface area contributed by atoms with Crippen LogP contribution < -0.4 is 0 Å². The zero-order chi connectivity index (χ0) is 8.27. The van der Waals surface area contributed by atoms with Crippen LogP contribution in [0.15, 0.2) is 12.1 Å². The number of thiophene rings is 1. The second-order valence-electron chi connectivity index (χ2n) is 1.84. The highest BCUT2D eigenvalue weighted by molar-refractivity contribution is 7.18. The SMILES string of the molecule is [C-]#[N+]CC(=O)c1ccc(Cl)s1. The molecule has 0 aromatic carbocycles. The zero-order valence-electron chi connectivity index (χ0n) is 5.50. The Balaban J connectivity index is 2.78. The Kier molecular flexibility index (Phi) is 2.64. The molecule has 1 heterocycles. The lowest BCUT2D eigenvalue weighted by molar-refractivity contribution is 0.101. The van der Waals surface area contributed by atoms with E-state index in [4.69, 9.17) is 18.2 Å². The lowest BCUT2D eigenvalue weighted by Gasteiger charge is -1.83. The Labute approximate surface area is 73.2 Å². The van der Waals surface area contributed by atoms with Crippen molar-refractivity contribution >= 4 is 28.7 Å². The van der Waals surface area contributed by atoms with Crippen LogP contribution in [0.5, 0.6) is 0 Å². The van der Waals surface area contributed by atoms with Crippen molar-refractivity contribution < 1.29 is 4.79 Å². The Morgan fingerprint density at radius 1 is 1.73 bits per heavy atom. The molecule has 2 nitrogen and oxygen atoms in total. The van der Waals surface area contributed by atoms with Crippen molar-refractivity contribution in [2.75, 3.05) is 6.54 Å². The molecule has 1 aromatic heterocycles. The predicted octanol–water partition coefficient (Wildman–Crippen LogP) is 2.50. The fourth-order valence-corrected chi connectivity index (χ4v) is 1.59. The number of carbonyl (C=O) groups is 1. The summed E-state index contributed by atoms with van der Waals surface area (Å²) in [7, 11) is 0. The quantitative estimate of drug-likeness (QED) is 0.513. The Morgan fingerprint density at radius 3 is 2.91 bits per heavy atom. The maximum Gasteiger partial charge on any atom is 0.277 e. The standard InChI is InChI=1S/C7H4ClNOS/c1-9-4-5(10)6-2-3-7(8)11-6/h2-3H,4H2. The van der Waals surface area contributed by atoms with Gasteiger partial charge in [-0.25, -0.2) is 6.57 Å². The molecule has 0 atom stereocenters. The third-order valence-corrected chi connectivity index (χ3v) is 2.34. The number of Topliss-reactive ketones (excluding diaryl/α,β-unsaturated/α-hetero) is 1. The van der Waals surface area contributed by atoms with E-state index in [9.17, 15) is 4.79 Å². The van der Waals surface area contributed by atoms with Crippen LogP contribution in [-0.4, -0.2) is 12.3 Å². The first-order chi connectivity index (χ1) is 5.24. The van der Waals surface area contributed by atoms with E-state index >= 15 is 0 Å². The lowest BCUT2D eigenvalue weighted by Crippen LogP contribution is -1.97. The maximum atomic E-state index is 11.0. The van der Waals surface area contributed by atoms with Crippen LogP contribution in [0.3, 0.4) is 0 Å². The van der Waals surface area contributed by atoms with Crippen molar-refractivity contribution in [2.24, 2.45) is 0 Å². The number of rotatable bonds is 2. The molecule has 1 rings (SSSR count). The highest BCUT2D eigenvalue weighted by Crippen LogP contribution is 2.21. The molecule has 0 aliphatic rings. The third kappa shape index (κ3) is 2.04. The van der Waals surface area contributed by atoms with Gasteiger partial charge in [0, 0.05) is 0 Å². The zero-order valence-corrected chi connectivity index (χ0v) is 7.08. The molecule has 0 bridgehead atoms. The number of hydrogen-bond acceptors (Lipinski definition) is 2. The number of carbonyl (C=O) groups excluding carboxylic acids is 1. The average molecular weight is 186 g/mol. The van der Waals surface area contributed by atoms with Gasteiger partial charge in [-0.3, -0.25) is 4.79 Å². The molecule has 0 spiro atoms. The highest BCUT2D eigenvalue weighted by atomic mass is 35.5. The van der Waals surface area contributed by atoms with Gasteiger partial charge in [-0.1, -0.05) is 11.6 Å². The van der Waals surface area contributed by atoms with E-state index in [-0.39, 0.29) is 12.3 Å². The van der Waals surface area contributed by atoms with Gasteiger partial charge in [-0.05, 0) is 12.1 Å². The monoisotopic (exact) mass is 185 g/mol. The van der Waals surface area contributed by atoms with Gasteiger partial charge in [0.15, 0.2) is 0 Å². The van der Waals surface area contributed by atoms with Crippen molar-refractivity contribution in [1.29, 1.82) is 0 Å². The molecule has 0 saturated carbocycles. The van der Waals surface area contributed by atoms with Crippen molar-refractivity contribution in [3.63, 3.8) is 0 Å². The van der Waals surface area contributed by atoms with E-state index < -0.39 is 0 Å². The molecule has 0 radical (unpaired) electrons. The first-order valence-electron chi connectivity index (χ1n) is 2.86. The summed E-state index contributed by atoms with van der Waals surface area (Å²) in [6, 6.07) is 3.30. The maximum absolute atomic E-state index is 11.0. The highest BCUT2D eigenvalue weighted by Gasteiger charge is 2.09. The molecule has 4 heteroatoms. The minimum atomic E-state index is -0.156. The molecule has 56 valence electrons. The molecule has 0 saturated heterocycles. The van der Waals surface area contributed by atoms with Crippen LogP contribution in [0, 0.1) is 6.57 Å². The topological polar surface area (TPSA) is 21.4 Å². The van der Waals surface area contributed by atoms with Crippen LogP contribution >= 0.6 is 22.9 Å². The average Bonchev–Trinajstić information content (AvgIpc) is 2.36. The van der Waals surface area contributed by atoms with E-state index in [1.807, 2.05) is 0 Å². The van der Waals surface area contributed by atoms with Crippen molar-refractivity contribution in [3.05, 3.63) is 32.8 Å². The van der Waals surface area contributed by atoms with Crippen LogP contribution in [-0.2, 0) is 0 Å². The van der Waals surface area contributed by atoms with Crippen LogP contribution in [0.2, 0.25) is 4.34 Å². The normalized spacial score (nSPS) is 9.09. The molecule has 0 unspecified atom stereocenters. The van der Waals surface area contributed by atoms with Crippen LogP contribution in [0.1, 0.15) is 9.67 Å². The molecule has 0 aliphatic carbocycles. The van der Waals surface area contributed by atoms with Gasteiger partial charge in [0.2, 0.25) is 0 Å². The van der Waals surface area contributed by atoms with E-state index in [0.717, 1.165) is 0 Å². The van der Waals surface area contributed by atoms with Gasteiger partial charge >= 0.3 is 0 Å². The van der Waals surface area contributed by atoms with Gasteiger partial charge in [0.25, 0.3) is 12.3 Å². The summed E-state index contributed by atoms with van der Waals surface area (Å²) in [5.74, 6) is -0.156. The molecule has 0 N–H and O–H groups in total. The number of halogens is 1. The summed E-state index contributed by atoms with van der Waals surface area (Å²) in [4.78, 5) is 14.5. The first kappa shape index (κ1) is 8.25. The van der Waals surface area contributed by atoms with Gasteiger partial charge in [-0.15, -0.1) is 11.3 Å². The van der Waals surface area contributed by atoms with E-state index in [2.05, 4.69) is 4.85 Å². The first-order valence-corrected chi connectivity index (χ1v) is 4.05. The Bertz CT molecular complexity index is 312. The second-order valence-corrected chi connectivity index (χ2v) is 3.56. The Hall–Kier alpha value is -0.850.